The Labute approximate surface area is 184 Å². The minimum Gasteiger partial charge on any atom is -0.346 e. The van der Waals surface area contributed by atoms with Gasteiger partial charge < -0.3 is 4.90 Å². The van der Waals surface area contributed by atoms with Crippen LogP contribution >= 0.6 is 11.8 Å². The zero-order valence-electron chi connectivity index (χ0n) is 18.3. The fraction of sp³-hybridized carbons (Fsp3) is 0.231. The summed E-state index contributed by atoms with van der Waals surface area (Å²) in [6, 6.07) is 27.0. The van der Waals surface area contributed by atoms with Crippen LogP contribution in [0.4, 0.5) is 11.4 Å². The van der Waals surface area contributed by atoms with Crippen molar-refractivity contribution >= 4 is 23.1 Å². The molecule has 0 spiro atoms. The molecule has 0 atom stereocenters. The first-order valence-electron chi connectivity index (χ1n) is 10.3. The summed E-state index contributed by atoms with van der Waals surface area (Å²) in [5.74, 6) is 0. The number of para-hydroxylation sites is 1. The van der Waals surface area contributed by atoms with Crippen LogP contribution in [0.5, 0.6) is 0 Å². The summed E-state index contributed by atoms with van der Waals surface area (Å²) in [5.41, 5.74) is 4.48. The number of hydrogen-bond donors (Lipinski definition) is 0. The van der Waals surface area contributed by atoms with Gasteiger partial charge in [0.1, 0.15) is 0 Å². The maximum Gasteiger partial charge on any atom is 0.0996 e. The Hall–Kier alpha value is -2.85. The second-order valence-electron chi connectivity index (χ2n) is 7.31. The van der Waals surface area contributed by atoms with Crippen LogP contribution in [0.2, 0.25) is 0 Å². The van der Waals surface area contributed by atoms with E-state index >= 15 is 0 Å². The maximum atomic E-state index is 4.53. The molecule has 0 saturated heterocycles. The molecule has 154 valence electrons. The van der Waals surface area contributed by atoms with Crippen molar-refractivity contribution in [1.82, 2.24) is 0 Å². The fourth-order valence-electron chi connectivity index (χ4n) is 3.62. The van der Waals surface area contributed by atoms with Gasteiger partial charge >= 0.3 is 0 Å². The molecule has 1 heterocycles. The predicted octanol–water partition coefficient (Wildman–Crippen LogP) is 8.22. The van der Waals surface area contributed by atoms with E-state index in [4.69, 9.17) is 0 Å². The van der Waals surface area contributed by atoms with E-state index in [9.17, 15) is 0 Å². The van der Waals surface area contributed by atoms with E-state index in [1.807, 2.05) is 56.4 Å². The number of likely N-dealkylation sites (N-methyl/N-ethyl adjacent to an activating group) is 1. The van der Waals surface area contributed by atoms with Crippen molar-refractivity contribution in [3.8, 4) is 0 Å². The number of azo groups is 1. The quantitative estimate of drug-likeness (QED) is 0.401. The van der Waals surface area contributed by atoms with Crippen LogP contribution in [-0.4, -0.2) is 7.05 Å². The Morgan fingerprint density at radius 3 is 2.20 bits per heavy atom. The summed E-state index contributed by atoms with van der Waals surface area (Å²) in [4.78, 5) is 4.49. The van der Waals surface area contributed by atoms with Crippen LogP contribution in [0, 0.1) is 0 Å². The van der Waals surface area contributed by atoms with E-state index in [2.05, 4.69) is 78.5 Å². The smallest absolute Gasteiger partial charge is 0.0996 e. The monoisotopic (exact) mass is 415 g/mol. The molecule has 0 aliphatic carbocycles. The Bertz CT molecular complexity index is 1040. The lowest BCUT2D eigenvalue weighted by Gasteiger charge is -2.22. The molecule has 3 nitrogen and oxygen atoms in total. The number of rotatable bonds is 4. The van der Waals surface area contributed by atoms with Crippen molar-refractivity contribution in [3.63, 3.8) is 0 Å². The van der Waals surface area contributed by atoms with E-state index in [-0.39, 0.29) is 5.41 Å². The third-order valence-corrected chi connectivity index (χ3v) is 6.20. The lowest BCUT2D eigenvalue weighted by atomic mass is 9.84. The van der Waals surface area contributed by atoms with Crippen molar-refractivity contribution in [3.05, 3.63) is 96.3 Å². The summed E-state index contributed by atoms with van der Waals surface area (Å²) >= 11 is 1.70. The summed E-state index contributed by atoms with van der Waals surface area (Å²) in [7, 11) is 2.09. The zero-order valence-corrected chi connectivity index (χ0v) is 19.1. The first-order valence-corrected chi connectivity index (χ1v) is 11.2. The van der Waals surface area contributed by atoms with Gasteiger partial charge in [0.05, 0.1) is 11.9 Å². The van der Waals surface area contributed by atoms with E-state index in [0.29, 0.717) is 0 Å². The fourth-order valence-corrected chi connectivity index (χ4v) is 4.52. The molecule has 0 saturated carbocycles. The Kier molecular flexibility index (Phi) is 7.11. The van der Waals surface area contributed by atoms with Gasteiger partial charge in [-0.15, -0.1) is 5.11 Å². The average molecular weight is 416 g/mol. The molecule has 0 fully saturated rings. The largest absolute Gasteiger partial charge is 0.346 e. The van der Waals surface area contributed by atoms with Crippen LogP contribution in [-0.2, 0) is 5.41 Å². The Balaban J connectivity index is 0.00000124. The van der Waals surface area contributed by atoms with Gasteiger partial charge in [0.2, 0.25) is 0 Å². The molecule has 4 rings (SSSR count). The maximum absolute atomic E-state index is 4.53. The van der Waals surface area contributed by atoms with Crippen LogP contribution < -0.4 is 4.90 Å². The highest BCUT2D eigenvalue weighted by atomic mass is 32.2. The topological polar surface area (TPSA) is 28.0 Å². The van der Waals surface area contributed by atoms with Crippen molar-refractivity contribution in [2.45, 2.75) is 42.9 Å². The normalized spacial score (nSPS) is 15.8. The van der Waals surface area contributed by atoms with Crippen molar-refractivity contribution in [2.75, 3.05) is 11.9 Å². The number of hydrogen-bond acceptors (Lipinski definition) is 4. The predicted molar refractivity (Wildman–Crippen MR) is 129 cm³/mol. The summed E-state index contributed by atoms with van der Waals surface area (Å²) in [5, 5.41) is 8.99. The minimum atomic E-state index is -0.0946. The third-order valence-electron chi connectivity index (χ3n) is 5.12. The number of allylic oxidation sites excluding steroid dienone is 1. The van der Waals surface area contributed by atoms with Crippen molar-refractivity contribution in [2.24, 2.45) is 10.2 Å². The molecule has 3 aromatic rings. The molecule has 0 radical (unpaired) electrons. The molecule has 0 unspecified atom stereocenters. The van der Waals surface area contributed by atoms with Gasteiger partial charge in [0.25, 0.3) is 0 Å². The standard InChI is InChI=1S/C24H23N3S.C2H6/c1-24(2)19-13-7-9-15-21(19)27(3)23(24)17-25-26-20-14-8-10-16-22(20)28-18-11-5-4-6-12-18;1-2/h4-17H,1-3H3;1-2H3/b23-17+,26-25?;. The molecule has 0 amide bonds. The Morgan fingerprint density at radius 2 is 1.47 bits per heavy atom. The highest BCUT2D eigenvalue weighted by molar-refractivity contribution is 7.99. The molecule has 3 aromatic carbocycles. The molecule has 30 heavy (non-hydrogen) atoms. The van der Waals surface area contributed by atoms with Gasteiger partial charge in [-0.3, -0.25) is 0 Å². The molecular formula is C26H29N3S. The molecular weight excluding hydrogens is 386 g/mol. The number of anilines is 1. The second kappa shape index (κ2) is 9.77. The third kappa shape index (κ3) is 4.49. The first-order chi connectivity index (χ1) is 14.6. The van der Waals surface area contributed by atoms with E-state index in [0.717, 1.165) is 16.3 Å². The van der Waals surface area contributed by atoms with Crippen molar-refractivity contribution < 1.29 is 0 Å². The van der Waals surface area contributed by atoms with E-state index < -0.39 is 0 Å². The number of fused-ring (bicyclic) bond motifs is 1. The highest BCUT2D eigenvalue weighted by Gasteiger charge is 2.38. The van der Waals surface area contributed by atoms with Crippen LogP contribution in [0.1, 0.15) is 33.3 Å². The van der Waals surface area contributed by atoms with Crippen LogP contribution in [0.25, 0.3) is 0 Å². The van der Waals surface area contributed by atoms with Gasteiger partial charge in [-0.25, -0.2) is 0 Å². The summed E-state index contributed by atoms with van der Waals surface area (Å²) < 4.78 is 0. The SMILES string of the molecule is CC.CN1/C(=C/N=Nc2ccccc2Sc2ccccc2)C(C)(C)c2ccccc21. The van der Waals surface area contributed by atoms with Gasteiger partial charge in [0, 0.05) is 33.6 Å². The number of nitrogens with zero attached hydrogens (tertiary/aromatic N) is 3. The number of benzene rings is 3. The van der Waals surface area contributed by atoms with Crippen molar-refractivity contribution in [1.29, 1.82) is 0 Å². The molecule has 1 aliphatic heterocycles. The zero-order chi connectivity index (χ0) is 21.6. The van der Waals surface area contributed by atoms with E-state index in [1.165, 1.54) is 16.1 Å². The van der Waals surface area contributed by atoms with Crippen LogP contribution in [0.15, 0.2) is 111 Å². The molecule has 0 N–H and O–H groups in total. The lowest BCUT2D eigenvalue weighted by molar-refractivity contribution is 0.637. The van der Waals surface area contributed by atoms with Gasteiger partial charge in [-0.2, -0.15) is 5.11 Å². The van der Waals surface area contributed by atoms with Gasteiger partial charge in [0.15, 0.2) is 0 Å². The molecule has 0 aromatic heterocycles. The second-order valence-corrected chi connectivity index (χ2v) is 8.43. The lowest BCUT2D eigenvalue weighted by Crippen LogP contribution is -2.22. The highest BCUT2D eigenvalue weighted by Crippen LogP contribution is 2.46. The first kappa shape index (κ1) is 21.8. The molecule has 4 heteroatoms. The average Bonchev–Trinajstić information content (AvgIpc) is 2.98. The minimum absolute atomic E-state index is 0.0946. The molecule has 0 bridgehead atoms. The summed E-state index contributed by atoms with van der Waals surface area (Å²) in [6.07, 6.45) is 1.89. The van der Waals surface area contributed by atoms with Crippen LogP contribution in [0.3, 0.4) is 0 Å². The van der Waals surface area contributed by atoms with Gasteiger partial charge in [-0.1, -0.05) is 88.0 Å². The Morgan fingerprint density at radius 1 is 0.833 bits per heavy atom. The van der Waals surface area contributed by atoms with Gasteiger partial charge in [-0.05, 0) is 35.9 Å². The molecule has 1 aliphatic rings. The van der Waals surface area contributed by atoms with E-state index in [1.54, 1.807) is 11.8 Å². The summed E-state index contributed by atoms with van der Waals surface area (Å²) in [6.45, 7) is 8.46.